The van der Waals surface area contributed by atoms with Crippen LogP contribution in [0, 0.1) is 18.2 Å². The predicted molar refractivity (Wildman–Crippen MR) is 61.6 cm³/mol. The van der Waals surface area contributed by atoms with Crippen LogP contribution in [-0.4, -0.2) is 24.2 Å². The minimum atomic E-state index is -0.882. The molecule has 0 aliphatic heterocycles. The van der Waals surface area contributed by atoms with Crippen molar-refractivity contribution in [2.75, 3.05) is 13.1 Å². The molecule has 0 saturated heterocycles. The van der Waals surface area contributed by atoms with Crippen LogP contribution < -0.4 is 10.6 Å². The lowest BCUT2D eigenvalue weighted by Gasteiger charge is -2.12. The summed E-state index contributed by atoms with van der Waals surface area (Å²) in [4.78, 5) is 11.1. The Morgan fingerprint density at radius 1 is 1.41 bits per heavy atom. The number of halogens is 1. The number of amides is 2. The van der Waals surface area contributed by atoms with Gasteiger partial charge in [-0.2, -0.15) is 0 Å². The van der Waals surface area contributed by atoms with Crippen molar-refractivity contribution < 1.29 is 14.3 Å². The van der Waals surface area contributed by atoms with Crippen LogP contribution in [0.25, 0.3) is 0 Å². The summed E-state index contributed by atoms with van der Waals surface area (Å²) in [6.45, 7) is 0.153. The molecular weight excluding hydrogens is 223 g/mol. The van der Waals surface area contributed by atoms with E-state index in [0.717, 1.165) is 0 Å². The summed E-state index contributed by atoms with van der Waals surface area (Å²) < 4.78 is 12.6. The molecule has 0 saturated carbocycles. The molecule has 0 bridgehead atoms. The highest BCUT2D eigenvalue weighted by atomic mass is 19.1. The maximum atomic E-state index is 12.6. The second-order valence-electron chi connectivity index (χ2n) is 3.34. The number of aliphatic hydroxyl groups excluding tert-OH is 1. The van der Waals surface area contributed by atoms with Crippen LogP contribution in [0.5, 0.6) is 0 Å². The molecule has 17 heavy (non-hydrogen) atoms. The van der Waals surface area contributed by atoms with Crippen molar-refractivity contribution in [1.29, 1.82) is 0 Å². The molecule has 0 aromatic heterocycles. The smallest absolute Gasteiger partial charge is 0.315 e. The van der Waals surface area contributed by atoms with Crippen LogP contribution in [0.1, 0.15) is 11.7 Å². The van der Waals surface area contributed by atoms with E-state index in [1.165, 1.54) is 24.3 Å². The number of carbonyl (C=O) groups excluding carboxylic acids is 1. The van der Waals surface area contributed by atoms with E-state index in [0.29, 0.717) is 5.56 Å². The number of benzene rings is 1. The maximum Gasteiger partial charge on any atom is 0.315 e. The highest BCUT2D eigenvalue weighted by Crippen LogP contribution is 2.12. The van der Waals surface area contributed by atoms with Crippen LogP contribution in [0.2, 0.25) is 0 Å². The van der Waals surface area contributed by atoms with Gasteiger partial charge in [-0.3, -0.25) is 0 Å². The van der Waals surface area contributed by atoms with Gasteiger partial charge in [0.2, 0.25) is 0 Å². The quantitative estimate of drug-likeness (QED) is 0.677. The monoisotopic (exact) mass is 236 g/mol. The lowest BCUT2D eigenvalue weighted by atomic mass is 10.1. The molecule has 5 heteroatoms. The average Bonchev–Trinajstić information content (AvgIpc) is 2.34. The predicted octanol–water partition coefficient (Wildman–Crippen LogP) is 0.792. The van der Waals surface area contributed by atoms with Crippen LogP contribution >= 0.6 is 0 Å². The van der Waals surface area contributed by atoms with E-state index in [2.05, 4.69) is 16.6 Å². The first-order chi connectivity index (χ1) is 8.13. The first kappa shape index (κ1) is 13.0. The van der Waals surface area contributed by atoms with Gasteiger partial charge in [0.15, 0.2) is 0 Å². The van der Waals surface area contributed by atoms with Gasteiger partial charge in [0.1, 0.15) is 5.82 Å². The van der Waals surface area contributed by atoms with Crippen molar-refractivity contribution >= 4 is 6.03 Å². The van der Waals surface area contributed by atoms with E-state index in [1.54, 1.807) is 0 Å². The molecular formula is C12H13FN2O2. The molecule has 3 N–H and O–H groups in total. The molecule has 0 spiro atoms. The topological polar surface area (TPSA) is 61.4 Å². The molecule has 0 heterocycles. The second-order valence-corrected chi connectivity index (χ2v) is 3.34. The summed E-state index contributed by atoms with van der Waals surface area (Å²) in [6.07, 6.45) is 4.08. The SMILES string of the molecule is C#CCNC(=O)NCC(O)c1ccc(F)cc1. The number of rotatable bonds is 4. The van der Waals surface area contributed by atoms with Gasteiger partial charge in [-0.05, 0) is 17.7 Å². The third-order valence-electron chi connectivity index (χ3n) is 2.06. The first-order valence-electron chi connectivity index (χ1n) is 5.02. The molecule has 1 unspecified atom stereocenters. The van der Waals surface area contributed by atoms with Crippen molar-refractivity contribution in [3.05, 3.63) is 35.6 Å². The summed E-state index contributed by atoms with van der Waals surface area (Å²) >= 11 is 0. The molecule has 1 aromatic rings. The standard InChI is InChI=1S/C12H13FN2O2/c1-2-7-14-12(17)15-8-11(16)9-3-5-10(13)6-4-9/h1,3-6,11,16H,7-8H2,(H2,14,15,17). The van der Waals surface area contributed by atoms with Crippen LogP contribution in [0.3, 0.4) is 0 Å². The molecule has 1 aromatic carbocycles. The number of aliphatic hydroxyl groups is 1. The van der Waals surface area contributed by atoms with Crippen LogP contribution in [0.15, 0.2) is 24.3 Å². The van der Waals surface area contributed by atoms with Gasteiger partial charge in [0.25, 0.3) is 0 Å². The third kappa shape index (κ3) is 4.53. The molecule has 4 nitrogen and oxygen atoms in total. The molecule has 2 amide bonds. The molecule has 1 rings (SSSR count). The van der Waals surface area contributed by atoms with E-state index in [9.17, 15) is 14.3 Å². The van der Waals surface area contributed by atoms with Crippen molar-refractivity contribution in [1.82, 2.24) is 10.6 Å². The zero-order valence-corrected chi connectivity index (χ0v) is 9.11. The molecule has 0 aliphatic carbocycles. The van der Waals surface area contributed by atoms with Gasteiger partial charge in [0.05, 0.1) is 12.6 Å². The van der Waals surface area contributed by atoms with E-state index in [4.69, 9.17) is 6.42 Å². The molecule has 0 radical (unpaired) electrons. The summed E-state index contributed by atoms with van der Waals surface area (Å²) in [7, 11) is 0. The molecule has 90 valence electrons. The normalized spacial score (nSPS) is 11.4. The Bertz CT molecular complexity index is 412. The Balaban J connectivity index is 2.39. The number of terminal acetylenes is 1. The summed E-state index contributed by atoms with van der Waals surface area (Å²) in [5.74, 6) is 1.87. The summed E-state index contributed by atoms with van der Waals surface area (Å²) in [5, 5.41) is 14.5. The minimum absolute atomic E-state index is 0.0298. The summed E-state index contributed by atoms with van der Waals surface area (Å²) in [6, 6.07) is 4.96. The number of urea groups is 1. The summed E-state index contributed by atoms with van der Waals surface area (Å²) in [5.41, 5.74) is 0.531. The lowest BCUT2D eigenvalue weighted by molar-refractivity contribution is 0.173. The van der Waals surface area contributed by atoms with E-state index < -0.39 is 12.1 Å². The largest absolute Gasteiger partial charge is 0.387 e. The van der Waals surface area contributed by atoms with Crippen LogP contribution in [-0.2, 0) is 0 Å². The molecule has 1 atom stereocenters. The average molecular weight is 236 g/mol. The first-order valence-corrected chi connectivity index (χ1v) is 5.02. The van der Waals surface area contributed by atoms with Crippen molar-refractivity contribution in [3.8, 4) is 12.3 Å². The van der Waals surface area contributed by atoms with Gasteiger partial charge >= 0.3 is 6.03 Å². The fourth-order valence-electron chi connectivity index (χ4n) is 1.19. The molecule has 0 fully saturated rings. The number of hydrogen-bond donors (Lipinski definition) is 3. The van der Waals surface area contributed by atoms with Crippen LogP contribution in [0.4, 0.5) is 9.18 Å². The number of hydrogen-bond acceptors (Lipinski definition) is 2. The Hall–Kier alpha value is -2.06. The van der Waals surface area contributed by atoms with Crippen molar-refractivity contribution in [2.24, 2.45) is 0 Å². The van der Waals surface area contributed by atoms with Crippen molar-refractivity contribution in [2.45, 2.75) is 6.10 Å². The number of nitrogens with one attached hydrogen (secondary N) is 2. The zero-order valence-electron chi connectivity index (χ0n) is 9.11. The second kappa shape index (κ2) is 6.51. The fraction of sp³-hybridized carbons (Fsp3) is 0.250. The third-order valence-corrected chi connectivity index (χ3v) is 2.06. The Labute approximate surface area is 98.8 Å². The highest BCUT2D eigenvalue weighted by molar-refractivity contribution is 5.74. The van der Waals surface area contributed by atoms with E-state index >= 15 is 0 Å². The molecule has 0 aliphatic rings. The Kier molecular flexibility index (Phi) is 4.98. The van der Waals surface area contributed by atoms with Gasteiger partial charge < -0.3 is 15.7 Å². The zero-order chi connectivity index (χ0) is 12.7. The lowest BCUT2D eigenvalue weighted by Crippen LogP contribution is -2.37. The van der Waals surface area contributed by atoms with E-state index in [-0.39, 0.29) is 18.9 Å². The van der Waals surface area contributed by atoms with Gasteiger partial charge in [-0.15, -0.1) is 6.42 Å². The highest BCUT2D eigenvalue weighted by Gasteiger charge is 2.08. The van der Waals surface area contributed by atoms with Gasteiger partial charge in [-0.1, -0.05) is 18.1 Å². The maximum absolute atomic E-state index is 12.6. The Morgan fingerprint density at radius 3 is 2.65 bits per heavy atom. The Morgan fingerprint density at radius 2 is 2.06 bits per heavy atom. The van der Waals surface area contributed by atoms with E-state index in [1.807, 2.05) is 0 Å². The van der Waals surface area contributed by atoms with Crippen molar-refractivity contribution in [3.63, 3.8) is 0 Å². The van der Waals surface area contributed by atoms with Gasteiger partial charge in [-0.25, -0.2) is 9.18 Å². The fourth-order valence-corrected chi connectivity index (χ4v) is 1.19. The number of carbonyl (C=O) groups is 1. The van der Waals surface area contributed by atoms with Gasteiger partial charge in [0, 0.05) is 6.54 Å². The minimum Gasteiger partial charge on any atom is -0.387 e.